The molecule has 1 N–H and O–H groups in total. The zero-order valence-electron chi connectivity index (χ0n) is 11.8. The van der Waals surface area contributed by atoms with Crippen LogP contribution in [0.5, 0.6) is 0 Å². The van der Waals surface area contributed by atoms with Crippen LogP contribution < -0.4 is 5.32 Å². The molecule has 0 saturated heterocycles. The minimum Gasteiger partial charge on any atom is -0.450 e. The molecule has 3 fully saturated rings. The van der Waals surface area contributed by atoms with Gasteiger partial charge in [-0.2, -0.15) is 5.26 Å². The number of ether oxygens (including phenoxy) is 1. The van der Waals surface area contributed by atoms with Gasteiger partial charge in [-0.05, 0) is 50.4 Å². The fourth-order valence-electron chi connectivity index (χ4n) is 3.32. The molecule has 0 aromatic carbocycles. The maximum atomic E-state index is 11.6. The summed E-state index contributed by atoms with van der Waals surface area (Å²) in [5, 5.41) is 12.2. The Morgan fingerprint density at radius 3 is 2.42 bits per heavy atom. The van der Waals surface area contributed by atoms with Crippen molar-refractivity contribution in [3.8, 4) is 6.07 Å². The summed E-state index contributed by atoms with van der Waals surface area (Å²) in [5.41, 5.74) is 0.172. The number of carbonyl (C=O) groups is 1. The second-order valence-electron chi connectivity index (χ2n) is 6.24. The average molecular weight is 264 g/mol. The largest absolute Gasteiger partial charge is 0.450 e. The normalized spacial score (nSPS) is 32.6. The van der Waals surface area contributed by atoms with E-state index in [9.17, 15) is 10.1 Å². The van der Waals surface area contributed by atoms with Gasteiger partial charge in [0, 0.05) is 6.54 Å². The average Bonchev–Trinajstić information content (AvgIpc) is 2.48. The third-order valence-electron chi connectivity index (χ3n) is 4.98. The summed E-state index contributed by atoms with van der Waals surface area (Å²) >= 11 is 0. The smallest absolute Gasteiger partial charge is 0.407 e. The van der Waals surface area contributed by atoms with Crippen molar-refractivity contribution in [2.75, 3.05) is 13.2 Å². The lowest BCUT2D eigenvalue weighted by molar-refractivity contribution is 0.0255. The summed E-state index contributed by atoms with van der Waals surface area (Å²) in [5.74, 6) is 0. The third kappa shape index (κ3) is 3.20. The van der Waals surface area contributed by atoms with Gasteiger partial charge < -0.3 is 10.1 Å². The van der Waals surface area contributed by atoms with Crippen LogP contribution in [-0.4, -0.2) is 19.2 Å². The van der Waals surface area contributed by atoms with Crippen molar-refractivity contribution in [3.63, 3.8) is 0 Å². The summed E-state index contributed by atoms with van der Waals surface area (Å²) in [6, 6.07) is 2.51. The van der Waals surface area contributed by atoms with Crippen molar-refractivity contribution in [1.82, 2.24) is 5.32 Å². The van der Waals surface area contributed by atoms with Gasteiger partial charge in [-0.1, -0.05) is 13.3 Å². The molecule has 0 atom stereocenters. The Hall–Kier alpha value is -1.24. The summed E-state index contributed by atoms with van der Waals surface area (Å²) in [7, 11) is 0. The number of hydrogen-bond donors (Lipinski definition) is 1. The first kappa shape index (κ1) is 14.2. The summed E-state index contributed by atoms with van der Waals surface area (Å²) < 4.78 is 5.11. The Morgan fingerprint density at radius 1 is 1.26 bits per heavy atom. The second kappa shape index (κ2) is 5.81. The summed E-state index contributed by atoms with van der Waals surface area (Å²) in [4.78, 5) is 11.6. The maximum Gasteiger partial charge on any atom is 0.407 e. The molecular formula is C15H24N2O2. The highest BCUT2D eigenvalue weighted by Gasteiger charge is 2.48. The molecule has 0 aromatic heterocycles. The quantitative estimate of drug-likeness (QED) is 0.774. The number of rotatable bonds is 5. The number of fused-ring (bicyclic) bond motifs is 3. The highest BCUT2D eigenvalue weighted by molar-refractivity contribution is 5.67. The van der Waals surface area contributed by atoms with Gasteiger partial charge in [0.2, 0.25) is 0 Å². The molecule has 3 rings (SSSR count). The molecule has 106 valence electrons. The van der Waals surface area contributed by atoms with Crippen LogP contribution in [-0.2, 0) is 4.74 Å². The van der Waals surface area contributed by atoms with Crippen LogP contribution in [0.2, 0.25) is 0 Å². The first-order valence-electron chi connectivity index (χ1n) is 7.46. The monoisotopic (exact) mass is 264 g/mol. The first-order valence-corrected chi connectivity index (χ1v) is 7.46. The van der Waals surface area contributed by atoms with Gasteiger partial charge in [-0.3, -0.25) is 0 Å². The fourth-order valence-corrected chi connectivity index (χ4v) is 3.32. The molecule has 4 heteroatoms. The van der Waals surface area contributed by atoms with Crippen molar-refractivity contribution >= 4 is 6.09 Å². The van der Waals surface area contributed by atoms with Crippen molar-refractivity contribution in [3.05, 3.63) is 0 Å². The lowest BCUT2D eigenvalue weighted by atomic mass is 9.54. The molecule has 1 amide bonds. The van der Waals surface area contributed by atoms with Crippen LogP contribution in [0.25, 0.3) is 0 Å². The molecule has 3 aliphatic rings. The van der Waals surface area contributed by atoms with E-state index in [0.717, 1.165) is 51.4 Å². The highest BCUT2D eigenvalue weighted by atomic mass is 16.5. The van der Waals surface area contributed by atoms with E-state index in [1.54, 1.807) is 0 Å². The molecule has 3 aliphatic carbocycles. The van der Waals surface area contributed by atoms with Crippen molar-refractivity contribution in [2.45, 2.75) is 58.3 Å². The van der Waals surface area contributed by atoms with E-state index < -0.39 is 0 Å². The third-order valence-corrected chi connectivity index (χ3v) is 4.98. The molecule has 0 spiro atoms. The van der Waals surface area contributed by atoms with Gasteiger partial charge in [0.25, 0.3) is 0 Å². The fraction of sp³-hybridized carbons (Fsp3) is 0.867. The molecule has 19 heavy (non-hydrogen) atoms. The number of nitrogens with zero attached hydrogens (tertiary/aromatic N) is 1. The topological polar surface area (TPSA) is 62.1 Å². The molecule has 0 aromatic rings. The van der Waals surface area contributed by atoms with Gasteiger partial charge in [0.1, 0.15) is 0 Å². The molecular weight excluding hydrogens is 240 g/mol. The lowest BCUT2D eigenvalue weighted by Gasteiger charge is -2.50. The van der Waals surface area contributed by atoms with Crippen molar-refractivity contribution in [2.24, 2.45) is 10.8 Å². The minimum absolute atomic E-state index is 0.0522. The van der Waals surface area contributed by atoms with Gasteiger partial charge in [0.15, 0.2) is 0 Å². The van der Waals surface area contributed by atoms with E-state index in [1.807, 2.05) is 0 Å². The minimum atomic E-state index is -0.287. The van der Waals surface area contributed by atoms with Gasteiger partial charge in [0.05, 0.1) is 18.1 Å². The standard InChI is InChI=1S/C15H24N2O2/c1-2-3-10-19-13(18)17-12-15-7-4-14(11-16,5-8-15)6-9-15/h2-10,12H2,1H3,(H,17,18). The van der Waals surface area contributed by atoms with E-state index in [0.29, 0.717) is 13.2 Å². The summed E-state index contributed by atoms with van der Waals surface area (Å²) in [6.45, 7) is 3.29. The zero-order valence-corrected chi connectivity index (χ0v) is 11.8. The second-order valence-corrected chi connectivity index (χ2v) is 6.24. The van der Waals surface area contributed by atoms with Crippen LogP contribution in [0.15, 0.2) is 0 Å². The SMILES string of the molecule is CCCCOC(=O)NCC12CCC(C#N)(CC1)CC2. The Labute approximate surface area is 115 Å². The molecule has 0 radical (unpaired) electrons. The highest BCUT2D eigenvalue weighted by Crippen LogP contribution is 2.56. The molecule has 0 unspecified atom stereocenters. The molecule has 0 aliphatic heterocycles. The number of hydrogen-bond acceptors (Lipinski definition) is 3. The molecule has 0 heterocycles. The number of alkyl carbamates (subject to hydrolysis) is 1. The van der Waals surface area contributed by atoms with Gasteiger partial charge >= 0.3 is 6.09 Å². The first-order chi connectivity index (χ1) is 9.14. The number of amides is 1. The van der Waals surface area contributed by atoms with Crippen LogP contribution in [0.3, 0.4) is 0 Å². The van der Waals surface area contributed by atoms with E-state index >= 15 is 0 Å². The van der Waals surface area contributed by atoms with Gasteiger partial charge in [-0.25, -0.2) is 4.79 Å². The van der Waals surface area contributed by atoms with Crippen LogP contribution >= 0.6 is 0 Å². The van der Waals surface area contributed by atoms with Gasteiger partial charge in [-0.15, -0.1) is 0 Å². The van der Waals surface area contributed by atoms with E-state index in [4.69, 9.17) is 4.74 Å². The zero-order chi connectivity index (χ0) is 13.8. The van der Waals surface area contributed by atoms with E-state index in [2.05, 4.69) is 18.3 Å². The van der Waals surface area contributed by atoms with Crippen LogP contribution in [0, 0.1) is 22.2 Å². The van der Waals surface area contributed by atoms with Crippen LogP contribution in [0.4, 0.5) is 4.79 Å². The predicted molar refractivity (Wildman–Crippen MR) is 72.4 cm³/mol. The Kier molecular flexibility index (Phi) is 4.34. The molecule has 3 saturated carbocycles. The number of nitriles is 1. The molecule has 4 nitrogen and oxygen atoms in total. The maximum absolute atomic E-state index is 11.6. The Morgan fingerprint density at radius 2 is 1.89 bits per heavy atom. The van der Waals surface area contributed by atoms with Crippen molar-refractivity contribution < 1.29 is 9.53 Å². The molecule has 2 bridgehead atoms. The lowest BCUT2D eigenvalue weighted by Crippen LogP contribution is -2.47. The Bertz CT molecular complexity index is 348. The number of nitrogens with one attached hydrogen (secondary N) is 1. The van der Waals surface area contributed by atoms with Crippen molar-refractivity contribution in [1.29, 1.82) is 5.26 Å². The number of carbonyl (C=O) groups excluding carboxylic acids is 1. The van der Waals surface area contributed by atoms with E-state index in [-0.39, 0.29) is 16.9 Å². The predicted octanol–water partition coefficient (Wildman–Crippen LogP) is 3.38. The number of unbranched alkanes of at least 4 members (excludes halogenated alkanes) is 1. The Balaban J connectivity index is 1.75. The summed E-state index contributed by atoms with van der Waals surface area (Å²) in [6.07, 6.45) is 7.85. The van der Waals surface area contributed by atoms with E-state index in [1.165, 1.54) is 0 Å². The van der Waals surface area contributed by atoms with Crippen LogP contribution in [0.1, 0.15) is 58.3 Å².